The predicted molar refractivity (Wildman–Crippen MR) is 87.6 cm³/mol. The first-order chi connectivity index (χ1) is 12.2. The van der Waals surface area contributed by atoms with Gasteiger partial charge in [0, 0.05) is 25.8 Å². The van der Waals surface area contributed by atoms with Crippen molar-refractivity contribution in [3.05, 3.63) is 23.4 Å². The van der Waals surface area contributed by atoms with Crippen LogP contribution >= 0.6 is 0 Å². The van der Waals surface area contributed by atoms with E-state index < -0.39 is 0 Å². The molecule has 0 aromatic carbocycles. The summed E-state index contributed by atoms with van der Waals surface area (Å²) < 4.78 is 10.8. The van der Waals surface area contributed by atoms with Crippen molar-refractivity contribution in [1.82, 2.24) is 30.2 Å². The van der Waals surface area contributed by atoms with E-state index in [2.05, 4.69) is 32.2 Å². The van der Waals surface area contributed by atoms with Crippen molar-refractivity contribution in [3.63, 3.8) is 0 Å². The highest BCUT2D eigenvalue weighted by Crippen LogP contribution is 2.20. The molecule has 9 nitrogen and oxygen atoms in total. The van der Waals surface area contributed by atoms with E-state index in [0.717, 1.165) is 18.7 Å². The third-order valence-electron chi connectivity index (χ3n) is 4.09. The first-order valence-corrected chi connectivity index (χ1v) is 8.75. The van der Waals surface area contributed by atoms with E-state index >= 15 is 0 Å². The van der Waals surface area contributed by atoms with E-state index in [1.165, 1.54) is 0 Å². The number of carbonyl (C=O) groups excluding carboxylic acids is 1. The van der Waals surface area contributed by atoms with Crippen molar-refractivity contribution in [1.29, 1.82) is 0 Å². The average Bonchev–Trinajstić information content (AvgIpc) is 3.24. The maximum absolute atomic E-state index is 12.4. The number of rotatable bonds is 7. The summed E-state index contributed by atoms with van der Waals surface area (Å²) in [7, 11) is 0. The Morgan fingerprint density at radius 3 is 3.00 bits per heavy atom. The predicted octanol–water partition coefficient (Wildman–Crippen LogP) is 1.37. The van der Waals surface area contributed by atoms with Gasteiger partial charge in [-0.25, -0.2) is 4.98 Å². The monoisotopic (exact) mass is 348 g/mol. The van der Waals surface area contributed by atoms with Crippen LogP contribution in [0.25, 0.3) is 0 Å². The van der Waals surface area contributed by atoms with Crippen molar-refractivity contribution in [3.8, 4) is 0 Å². The van der Waals surface area contributed by atoms with E-state index in [1.54, 1.807) is 6.92 Å². The second-order valence-corrected chi connectivity index (χ2v) is 6.18. The molecule has 0 unspecified atom stereocenters. The molecule has 136 valence electrons. The Hall–Kier alpha value is -2.29. The molecular weight excluding hydrogens is 324 g/mol. The summed E-state index contributed by atoms with van der Waals surface area (Å²) in [5.41, 5.74) is 0. The maximum atomic E-state index is 12.4. The van der Waals surface area contributed by atoms with Crippen LogP contribution in [0.3, 0.4) is 0 Å². The number of morpholine rings is 1. The summed E-state index contributed by atoms with van der Waals surface area (Å²) in [5.74, 6) is 2.79. The molecule has 3 rings (SSSR count). The van der Waals surface area contributed by atoms with E-state index in [-0.39, 0.29) is 12.0 Å². The summed E-state index contributed by atoms with van der Waals surface area (Å²) in [6.45, 7) is 5.45. The molecule has 3 heterocycles. The first-order valence-electron chi connectivity index (χ1n) is 8.75. The van der Waals surface area contributed by atoms with Gasteiger partial charge in [0.15, 0.2) is 11.6 Å². The van der Waals surface area contributed by atoms with Gasteiger partial charge in [0.25, 0.3) is 0 Å². The molecule has 9 heteroatoms. The minimum Gasteiger partial charge on any atom is -0.366 e. The lowest BCUT2D eigenvalue weighted by atomic mass is 10.2. The summed E-state index contributed by atoms with van der Waals surface area (Å²) >= 11 is 0. The van der Waals surface area contributed by atoms with Crippen LogP contribution in [0.4, 0.5) is 0 Å². The number of aromatic nitrogens is 5. The largest absolute Gasteiger partial charge is 0.366 e. The number of nitrogens with zero attached hydrogens (tertiary/aromatic N) is 5. The fourth-order valence-electron chi connectivity index (χ4n) is 2.83. The van der Waals surface area contributed by atoms with Crippen LogP contribution in [-0.2, 0) is 22.4 Å². The number of hydrogen-bond donors (Lipinski definition) is 1. The Balaban J connectivity index is 1.48. The zero-order valence-electron chi connectivity index (χ0n) is 14.7. The molecule has 1 aliphatic heterocycles. The third-order valence-corrected chi connectivity index (χ3v) is 4.09. The van der Waals surface area contributed by atoms with Gasteiger partial charge in [-0.1, -0.05) is 12.1 Å². The van der Waals surface area contributed by atoms with Crippen LogP contribution in [0.1, 0.15) is 55.7 Å². The number of aromatic amines is 1. The minimum absolute atomic E-state index is 0.105. The van der Waals surface area contributed by atoms with Gasteiger partial charge >= 0.3 is 0 Å². The van der Waals surface area contributed by atoms with E-state index in [9.17, 15) is 4.79 Å². The molecule has 25 heavy (non-hydrogen) atoms. The molecule has 1 atom stereocenters. The Morgan fingerprint density at radius 2 is 2.24 bits per heavy atom. The normalized spacial score (nSPS) is 17.8. The average molecular weight is 348 g/mol. The fourth-order valence-corrected chi connectivity index (χ4v) is 2.83. The van der Waals surface area contributed by atoms with Crippen molar-refractivity contribution >= 4 is 5.91 Å². The zero-order chi connectivity index (χ0) is 17.6. The standard InChI is InChI=1S/C16H24N6O3/c1-3-5-13-18-16(20-19-13)12-10-22(8-9-24-12)15(23)7-4-6-14-17-11(2)21-25-14/h12H,3-10H2,1-2H3,(H,18,19,20)/t12-/m0/s1. The van der Waals surface area contributed by atoms with Crippen molar-refractivity contribution in [2.75, 3.05) is 19.7 Å². The van der Waals surface area contributed by atoms with Crippen molar-refractivity contribution < 1.29 is 14.1 Å². The van der Waals surface area contributed by atoms with Crippen LogP contribution in [0.5, 0.6) is 0 Å². The topological polar surface area (TPSA) is 110 Å². The molecule has 0 spiro atoms. The number of hydrogen-bond acceptors (Lipinski definition) is 7. The highest BCUT2D eigenvalue weighted by Gasteiger charge is 2.27. The molecule has 0 radical (unpaired) electrons. The van der Waals surface area contributed by atoms with Gasteiger partial charge in [0.1, 0.15) is 11.9 Å². The second-order valence-electron chi connectivity index (χ2n) is 6.18. The highest BCUT2D eigenvalue weighted by molar-refractivity contribution is 5.76. The maximum Gasteiger partial charge on any atom is 0.226 e. The molecule has 1 amide bonds. The molecule has 1 saturated heterocycles. The highest BCUT2D eigenvalue weighted by atomic mass is 16.5. The third kappa shape index (κ3) is 4.62. The number of ether oxygens (including phenoxy) is 1. The van der Waals surface area contributed by atoms with Crippen molar-refractivity contribution in [2.24, 2.45) is 0 Å². The van der Waals surface area contributed by atoms with Crippen LogP contribution < -0.4 is 0 Å². The summed E-state index contributed by atoms with van der Waals surface area (Å²) in [5, 5.41) is 10.9. The molecular formula is C16H24N6O3. The number of amides is 1. The van der Waals surface area contributed by atoms with Crippen LogP contribution in [0, 0.1) is 6.92 Å². The number of H-pyrrole nitrogens is 1. The Bertz CT molecular complexity index is 698. The van der Waals surface area contributed by atoms with Crippen LogP contribution in [-0.4, -0.2) is 55.8 Å². The van der Waals surface area contributed by atoms with Gasteiger partial charge in [0.05, 0.1) is 13.2 Å². The lowest BCUT2D eigenvalue weighted by molar-refractivity contribution is -0.139. The van der Waals surface area contributed by atoms with Gasteiger partial charge in [-0.15, -0.1) is 0 Å². The summed E-state index contributed by atoms with van der Waals surface area (Å²) in [4.78, 5) is 22.9. The zero-order valence-corrected chi connectivity index (χ0v) is 14.7. The number of carbonyl (C=O) groups is 1. The molecule has 0 aliphatic carbocycles. The second kappa shape index (κ2) is 8.19. The molecule has 0 bridgehead atoms. The SMILES string of the molecule is CCCc1nc([C@@H]2CN(C(=O)CCCc3nc(C)no3)CCO2)n[nH]1. The smallest absolute Gasteiger partial charge is 0.226 e. The lowest BCUT2D eigenvalue weighted by Gasteiger charge is -2.31. The Kier molecular flexibility index (Phi) is 5.75. The Morgan fingerprint density at radius 1 is 1.36 bits per heavy atom. The van der Waals surface area contributed by atoms with E-state index in [4.69, 9.17) is 9.26 Å². The number of aryl methyl sites for hydroxylation is 3. The van der Waals surface area contributed by atoms with Crippen molar-refractivity contribution in [2.45, 2.75) is 52.1 Å². The minimum atomic E-state index is -0.266. The Labute approximate surface area is 146 Å². The molecule has 2 aromatic rings. The van der Waals surface area contributed by atoms with Gasteiger partial charge in [-0.3, -0.25) is 9.89 Å². The van der Waals surface area contributed by atoms with Gasteiger partial charge in [-0.05, 0) is 19.8 Å². The summed E-state index contributed by atoms with van der Waals surface area (Å²) in [6.07, 6.45) is 3.34. The van der Waals surface area contributed by atoms with Gasteiger partial charge in [0.2, 0.25) is 11.8 Å². The van der Waals surface area contributed by atoms with Crippen LogP contribution in [0.15, 0.2) is 4.52 Å². The molecule has 1 aliphatic rings. The lowest BCUT2D eigenvalue weighted by Crippen LogP contribution is -2.42. The molecule has 1 N–H and O–H groups in total. The van der Waals surface area contributed by atoms with E-state index in [1.807, 2.05) is 4.90 Å². The van der Waals surface area contributed by atoms with Gasteiger partial charge < -0.3 is 14.2 Å². The van der Waals surface area contributed by atoms with Crippen LogP contribution in [0.2, 0.25) is 0 Å². The molecule has 1 fully saturated rings. The quantitative estimate of drug-likeness (QED) is 0.804. The van der Waals surface area contributed by atoms with Gasteiger partial charge in [-0.2, -0.15) is 10.1 Å². The van der Waals surface area contributed by atoms with E-state index in [0.29, 0.717) is 56.5 Å². The number of nitrogens with one attached hydrogen (secondary N) is 1. The molecule has 2 aromatic heterocycles. The molecule has 0 saturated carbocycles. The summed E-state index contributed by atoms with van der Waals surface area (Å²) in [6, 6.07) is 0. The fraction of sp³-hybridized carbons (Fsp3) is 0.688. The first kappa shape index (κ1) is 17.5.